The van der Waals surface area contributed by atoms with Crippen molar-refractivity contribution in [3.05, 3.63) is 0 Å². The highest BCUT2D eigenvalue weighted by Crippen LogP contribution is 2.12. The van der Waals surface area contributed by atoms with Crippen molar-refractivity contribution in [1.29, 1.82) is 0 Å². The first-order valence-electron chi connectivity index (χ1n) is 6.15. The molecule has 2 N–H and O–H groups in total. The summed E-state index contributed by atoms with van der Waals surface area (Å²) in [6.45, 7) is 10.1. The second kappa shape index (κ2) is 8.72. The van der Waals surface area contributed by atoms with Gasteiger partial charge >= 0.3 is 0 Å². The van der Waals surface area contributed by atoms with Gasteiger partial charge in [0.1, 0.15) is 0 Å². The van der Waals surface area contributed by atoms with Crippen LogP contribution in [0, 0.1) is 5.92 Å². The Morgan fingerprint density at radius 3 is 2.27 bits per heavy atom. The largest absolute Gasteiger partial charge is 0.356 e. The van der Waals surface area contributed by atoms with Crippen molar-refractivity contribution < 1.29 is 4.79 Å². The van der Waals surface area contributed by atoms with Crippen LogP contribution in [0.3, 0.4) is 0 Å². The Kier molecular flexibility index (Phi) is 8.38. The zero-order valence-electron chi connectivity index (χ0n) is 10.6. The van der Waals surface area contributed by atoms with Crippen LogP contribution in [0.25, 0.3) is 0 Å². The molecule has 0 aliphatic rings. The standard InChI is InChI=1S/C12H26N2O/c1-5-11(6-2)10(4)14-9-8-12(15)13-7-3/h10-11,14H,5-9H2,1-4H3,(H,13,15). The molecule has 0 saturated carbocycles. The van der Waals surface area contributed by atoms with Gasteiger partial charge in [-0.3, -0.25) is 4.79 Å². The van der Waals surface area contributed by atoms with Crippen LogP contribution in [0.2, 0.25) is 0 Å². The fourth-order valence-electron chi connectivity index (χ4n) is 1.86. The van der Waals surface area contributed by atoms with Gasteiger partial charge in [-0.2, -0.15) is 0 Å². The van der Waals surface area contributed by atoms with E-state index in [4.69, 9.17) is 0 Å². The van der Waals surface area contributed by atoms with Crippen LogP contribution in [0.5, 0.6) is 0 Å². The smallest absolute Gasteiger partial charge is 0.221 e. The Labute approximate surface area is 94.0 Å². The summed E-state index contributed by atoms with van der Waals surface area (Å²) in [6, 6.07) is 0.509. The van der Waals surface area contributed by atoms with Crippen molar-refractivity contribution in [3.63, 3.8) is 0 Å². The highest BCUT2D eigenvalue weighted by Gasteiger charge is 2.12. The monoisotopic (exact) mass is 214 g/mol. The fourth-order valence-corrected chi connectivity index (χ4v) is 1.86. The molecule has 1 unspecified atom stereocenters. The lowest BCUT2D eigenvalue weighted by atomic mass is 9.95. The molecule has 0 aromatic heterocycles. The van der Waals surface area contributed by atoms with Gasteiger partial charge in [-0.15, -0.1) is 0 Å². The molecule has 0 fully saturated rings. The Bertz CT molecular complexity index is 167. The molecule has 15 heavy (non-hydrogen) atoms. The SMILES string of the molecule is CCNC(=O)CCNC(C)C(CC)CC. The van der Waals surface area contributed by atoms with Gasteiger partial charge in [0.15, 0.2) is 0 Å². The predicted octanol–water partition coefficient (Wildman–Crippen LogP) is 1.93. The Hall–Kier alpha value is -0.570. The second-order valence-electron chi connectivity index (χ2n) is 4.02. The average Bonchev–Trinajstić information content (AvgIpc) is 2.20. The van der Waals surface area contributed by atoms with Crippen LogP contribution in [-0.2, 0) is 4.79 Å². The van der Waals surface area contributed by atoms with Crippen LogP contribution < -0.4 is 10.6 Å². The quantitative estimate of drug-likeness (QED) is 0.648. The first-order chi connectivity index (χ1) is 7.15. The van der Waals surface area contributed by atoms with Crippen LogP contribution in [-0.4, -0.2) is 25.0 Å². The van der Waals surface area contributed by atoms with E-state index in [9.17, 15) is 4.79 Å². The van der Waals surface area contributed by atoms with Crippen molar-refractivity contribution in [3.8, 4) is 0 Å². The van der Waals surface area contributed by atoms with Gasteiger partial charge < -0.3 is 10.6 Å². The van der Waals surface area contributed by atoms with E-state index in [1.54, 1.807) is 0 Å². The molecule has 0 rings (SSSR count). The number of hydrogen-bond donors (Lipinski definition) is 2. The Balaban J connectivity index is 3.61. The first-order valence-corrected chi connectivity index (χ1v) is 6.15. The van der Waals surface area contributed by atoms with Gasteiger partial charge in [-0.25, -0.2) is 0 Å². The van der Waals surface area contributed by atoms with Gasteiger partial charge in [-0.1, -0.05) is 26.7 Å². The minimum absolute atomic E-state index is 0.141. The number of rotatable bonds is 8. The average molecular weight is 214 g/mol. The van der Waals surface area contributed by atoms with Gasteiger partial charge in [0, 0.05) is 25.6 Å². The van der Waals surface area contributed by atoms with Crippen LogP contribution in [0.1, 0.15) is 47.0 Å². The van der Waals surface area contributed by atoms with E-state index in [2.05, 4.69) is 31.4 Å². The van der Waals surface area contributed by atoms with E-state index in [0.29, 0.717) is 12.5 Å². The summed E-state index contributed by atoms with van der Waals surface area (Å²) in [6.07, 6.45) is 2.98. The lowest BCUT2D eigenvalue weighted by Crippen LogP contribution is -2.36. The van der Waals surface area contributed by atoms with Crippen molar-refractivity contribution in [2.24, 2.45) is 5.92 Å². The third-order valence-corrected chi connectivity index (χ3v) is 2.95. The molecular formula is C12H26N2O. The molecule has 0 heterocycles. The van der Waals surface area contributed by atoms with Crippen molar-refractivity contribution in [2.45, 2.75) is 53.0 Å². The van der Waals surface area contributed by atoms with Gasteiger partial charge in [0.05, 0.1) is 0 Å². The number of carbonyl (C=O) groups excluding carboxylic acids is 1. The van der Waals surface area contributed by atoms with E-state index in [0.717, 1.165) is 19.0 Å². The molecule has 0 aromatic carbocycles. The summed E-state index contributed by atoms with van der Waals surface area (Å²) in [7, 11) is 0. The van der Waals surface area contributed by atoms with E-state index >= 15 is 0 Å². The molecule has 1 amide bonds. The number of amides is 1. The molecular weight excluding hydrogens is 188 g/mol. The summed E-state index contributed by atoms with van der Waals surface area (Å²) >= 11 is 0. The summed E-state index contributed by atoms with van der Waals surface area (Å²) in [5.74, 6) is 0.862. The van der Waals surface area contributed by atoms with Gasteiger partial charge in [0.2, 0.25) is 5.91 Å². The lowest BCUT2D eigenvalue weighted by molar-refractivity contribution is -0.120. The van der Waals surface area contributed by atoms with Crippen LogP contribution >= 0.6 is 0 Å². The summed E-state index contributed by atoms with van der Waals surface area (Å²) in [5.41, 5.74) is 0. The van der Waals surface area contributed by atoms with Crippen LogP contribution in [0.4, 0.5) is 0 Å². The zero-order valence-corrected chi connectivity index (χ0v) is 10.6. The van der Waals surface area contributed by atoms with E-state index in [-0.39, 0.29) is 5.91 Å². The molecule has 0 spiro atoms. The molecule has 90 valence electrons. The molecule has 0 bridgehead atoms. The number of hydrogen-bond acceptors (Lipinski definition) is 2. The highest BCUT2D eigenvalue weighted by molar-refractivity contribution is 5.75. The molecule has 0 saturated heterocycles. The van der Waals surface area contributed by atoms with Crippen molar-refractivity contribution >= 4 is 5.91 Å². The molecule has 1 atom stereocenters. The lowest BCUT2D eigenvalue weighted by Gasteiger charge is -2.22. The fraction of sp³-hybridized carbons (Fsp3) is 0.917. The molecule has 0 aliphatic carbocycles. The predicted molar refractivity (Wildman–Crippen MR) is 64.8 cm³/mol. The normalized spacial score (nSPS) is 12.9. The minimum atomic E-state index is 0.141. The van der Waals surface area contributed by atoms with Crippen molar-refractivity contribution in [2.75, 3.05) is 13.1 Å². The maximum atomic E-state index is 11.2. The molecule has 3 heteroatoms. The summed E-state index contributed by atoms with van der Waals surface area (Å²) < 4.78 is 0. The molecule has 3 nitrogen and oxygen atoms in total. The molecule has 0 aliphatic heterocycles. The third kappa shape index (κ3) is 6.50. The Morgan fingerprint density at radius 2 is 1.80 bits per heavy atom. The topological polar surface area (TPSA) is 41.1 Å². The van der Waals surface area contributed by atoms with E-state index < -0.39 is 0 Å². The molecule has 0 aromatic rings. The van der Waals surface area contributed by atoms with Gasteiger partial charge in [-0.05, 0) is 19.8 Å². The second-order valence-corrected chi connectivity index (χ2v) is 4.02. The first kappa shape index (κ1) is 14.4. The van der Waals surface area contributed by atoms with Crippen LogP contribution in [0.15, 0.2) is 0 Å². The third-order valence-electron chi connectivity index (χ3n) is 2.95. The highest BCUT2D eigenvalue weighted by atomic mass is 16.1. The van der Waals surface area contributed by atoms with Gasteiger partial charge in [0.25, 0.3) is 0 Å². The maximum absolute atomic E-state index is 11.2. The van der Waals surface area contributed by atoms with Crippen molar-refractivity contribution in [1.82, 2.24) is 10.6 Å². The minimum Gasteiger partial charge on any atom is -0.356 e. The Morgan fingerprint density at radius 1 is 1.20 bits per heavy atom. The molecule has 0 radical (unpaired) electrons. The maximum Gasteiger partial charge on any atom is 0.221 e. The van der Waals surface area contributed by atoms with E-state index in [1.165, 1.54) is 12.8 Å². The van der Waals surface area contributed by atoms with E-state index in [1.807, 2.05) is 6.92 Å². The number of nitrogens with one attached hydrogen (secondary N) is 2. The zero-order chi connectivity index (χ0) is 11.7. The summed E-state index contributed by atoms with van der Waals surface area (Å²) in [4.78, 5) is 11.2. The summed E-state index contributed by atoms with van der Waals surface area (Å²) in [5, 5.41) is 6.21. The number of carbonyl (C=O) groups is 1.